The molecule has 0 spiro atoms. The summed E-state index contributed by atoms with van der Waals surface area (Å²) >= 11 is 0. The lowest BCUT2D eigenvalue weighted by molar-refractivity contribution is -0.107. The van der Waals surface area contributed by atoms with Gasteiger partial charge in [0.1, 0.15) is 30.7 Å². The zero-order chi connectivity index (χ0) is 25.4. The monoisotopic (exact) mass is 517 g/mol. The molecule has 0 aromatic carbocycles. The Kier molecular flexibility index (Phi) is 7.77. The van der Waals surface area contributed by atoms with Crippen LogP contribution in [0.3, 0.4) is 0 Å². The van der Waals surface area contributed by atoms with E-state index in [1.165, 1.54) is 24.9 Å². The average molecular weight is 517 g/mol. The van der Waals surface area contributed by atoms with Crippen LogP contribution in [0.15, 0.2) is 6.20 Å². The Labute approximate surface area is 201 Å². The Balaban J connectivity index is 1.57. The summed E-state index contributed by atoms with van der Waals surface area (Å²) in [4.78, 5) is 28.0. The van der Waals surface area contributed by atoms with Crippen molar-refractivity contribution in [3.05, 3.63) is 12.0 Å². The Bertz CT molecular complexity index is 1070. The molecule has 3 heterocycles. The van der Waals surface area contributed by atoms with Crippen LogP contribution in [0.25, 0.3) is 11.0 Å². The quantitative estimate of drug-likeness (QED) is 0.227. The zero-order valence-electron chi connectivity index (χ0n) is 19.5. The van der Waals surface area contributed by atoms with E-state index in [0.29, 0.717) is 16.9 Å². The minimum atomic E-state index is -4.73. The fourth-order valence-corrected chi connectivity index (χ4v) is 4.95. The second-order valence-corrected chi connectivity index (χ2v) is 11.1. The van der Waals surface area contributed by atoms with Crippen LogP contribution in [-0.2, 0) is 25.4 Å². The molecule has 2 fully saturated rings. The molecule has 2 aromatic rings. The molecule has 2 aliphatic rings. The third kappa shape index (κ3) is 5.22. The zero-order valence-corrected chi connectivity index (χ0v) is 20.4. The van der Waals surface area contributed by atoms with Crippen molar-refractivity contribution in [1.82, 2.24) is 19.7 Å². The average Bonchev–Trinajstić information content (AvgIpc) is 3.53. The molecule has 2 unspecified atom stereocenters. The van der Waals surface area contributed by atoms with Crippen molar-refractivity contribution in [2.75, 3.05) is 25.6 Å². The van der Waals surface area contributed by atoms with Gasteiger partial charge in [-0.25, -0.2) is 14.6 Å². The third-order valence-electron chi connectivity index (χ3n) is 6.50. The van der Waals surface area contributed by atoms with E-state index < -0.39 is 57.3 Å². The highest BCUT2D eigenvalue weighted by Crippen LogP contribution is 2.51. The van der Waals surface area contributed by atoms with Crippen LogP contribution in [-0.4, -0.2) is 94.9 Å². The van der Waals surface area contributed by atoms with Gasteiger partial charge in [-0.15, -0.1) is 0 Å². The second kappa shape index (κ2) is 10.3. The summed E-state index contributed by atoms with van der Waals surface area (Å²) in [5, 5.41) is 37.2. The Hall–Kier alpha value is -1.74. The number of rotatable bonds is 10. The van der Waals surface area contributed by atoms with E-state index in [0.717, 1.165) is 25.7 Å². The third-order valence-corrected chi connectivity index (χ3v) is 7.99. The first-order valence-electron chi connectivity index (χ1n) is 11.4. The molecule has 0 amide bonds. The van der Waals surface area contributed by atoms with Crippen LogP contribution in [0.4, 0.5) is 5.82 Å². The second-order valence-electron chi connectivity index (χ2n) is 9.11. The van der Waals surface area contributed by atoms with Gasteiger partial charge in [-0.05, 0) is 19.8 Å². The number of ether oxygens (including phenoxy) is 3. The minimum absolute atomic E-state index is 0.157. The van der Waals surface area contributed by atoms with E-state index >= 15 is 0 Å². The minimum Gasteiger partial charge on any atom is -0.388 e. The highest BCUT2D eigenvalue weighted by Gasteiger charge is 2.49. The Morgan fingerprint density at radius 2 is 1.97 bits per heavy atom. The molecule has 5 atom stereocenters. The molecule has 14 nitrogen and oxygen atoms in total. The first kappa shape index (κ1) is 26.3. The number of aliphatic hydroxyl groups excluding tert-OH is 3. The van der Waals surface area contributed by atoms with Crippen molar-refractivity contribution >= 4 is 24.4 Å². The summed E-state index contributed by atoms with van der Waals surface area (Å²) in [6, 6.07) is 0.245. The van der Waals surface area contributed by atoms with Crippen molar-refractivity contribution in [1.29, 1.82) is 0 Å². The standard InChI is InChI=1S/C20H32N5O9P/c1-20(10-32-2,35(29,30)31)33-9-13-15(27)16(28)19(34-13)25-18-12(7-21-25)17(23-14(8-26)24-18)22-11-5-3-4-6-11/h7,11,13,15-16,19,26-28H,3-6,8-10H2,1-2H3,(H,22,23,24)(H2,29,30,31)/t13-,15-,16-,19?,20?/m1/s1. The topological polar surface area (TPSA) is 202 Å². The summed E-state index contributed by atoms with van der Waals surface area (Å²) in [6.45, 7) is -0.0361. The van der Waals surface area contributed by atoms with Gasteiger partial charge in [0.05, 0.1) is 24.8 Å². The molecule has 4 rings (SSSR count). The predicted molar refractivity (Wildman–Crippen MR) is 121 cm³/mol. The molecular formula is C20H32N5O9P. The van der Waals surface area contributed by atoms with Crippen LogP contribution in [0, 0.1) is 0 Å². The van der Waals surface area contributed by atoms with Gasteiger partial charge < -0.3 is 44.6 Å². The number of anilines is 1. The van der Waals surface area contributed by atoms with Gasteiger partial charge in [-0.1, -0.05) is 12.8 Å². The molecule has 1 saturated heterocycles. The summed E-state index contributed by atoms with van der Waals surface area (Å²) in [6.07, 6.45) is 0.607. The van der Waals surface area contributed by atoms with Gasteiger partial charge in [-0.2, -0.15) is 5.10 Å². The molecule has 0 radical (unpaired) electrons. The van der Waals surface area contributed by atoms with E-state index in [2.05, 4.69) is 20.4 Å². The molecule has 1 aliphatic heterocycles. The number of nitrogens with one attached hydrogen (secondary N) is 1. The van der Waals surface area contributed by atoms with Gasteiger partial charge in [0.15, 0.2) is 23.0 Å². The van der Waals surface area contributed by atoms with E-state index in [4.69, 9.17) is 14.2 Å². The van der Waals surface area contributed by atoms with E-state index in [-0.39, 0.29) is 11.9 Å². The van der Waals surface area contributed by atoms with Gasteiger partial charge in [0.2, 0.25) is 0 Å². The molecule has 196 valence electrons. The molecule has 1 aliphatic carbocycles. The van der Waals surface area contributed by atoms with Crippen molar-refractivity contribution < 1.29 is 43.9 Å². The number of hydrogen-bond acceptors (Lipinski definition) is 11. The number of methoxy groups -OCH3 is 1. The summed E-state index contributed by atoms with van der Waals surface area (Å²) in [7, 11) is -3.45. The van der Waals surface area contributed by atoms with Crippen molar-refractivity contribution in [3.8, 4) is 0 Å². The summed E-state index contributed by atoms with van der Waals surface area (Å²) < 4.78 is 29.3. The van der Waals surface area contributed by atoms with Crippen LogP contribution < -0.4 is 5.32 Å². The fourth-order valence-electron chi connectivity index (χ4n) is 4.41. The van der Waals surface area contributed by atoms with E-state index in [1.807, 2.05) is 0 Å². The molecule has 15 heteroatoms. The first-order valence-corrected chi connectivity index (χ1v) is 13.0. The SMILES string of the molecule is COCC(C)(OC[C@H]1OC(n2ncc3c(NC4CCCC4)nc(CO)nc32)[C@H](O)[C@@H]1O)P(=O)(O)O. The number of fused-ring (bicyclic) bond motifs is 1. The van der Waals surface area contributed by atoms with Crippen LogP contribution in [0.2, 0.25) is 0 Å². The highest BCUT2D eigenvalue weighted by molar-refractivity contribution is 7.53. The number of nitrogens with zero attached hydrogens (tertiary/aromatic N) is 4. The lowest BCUT2D eigenvalue weighted by atomic mass is 10.1. The van der Waals surface area contributed by atoms with Gasteiger partial charge in [0.25, 0.3) is 0 Å². The normalized spacial score (nSPS) is 27.5. The maximum absolute atomic E-state index is 11.9. The molecule has 0 bridgehead atoms. The first-order chi connectivity index (χ1) is 16.6. The molecular weight excluding hydrogens is 485 g/mol. The van der Waals surface area contributed by atoms with Gasteiger partial charge >= 0.3 is 7.60 Å². The van der Waals surface area contributed by atoms with Crippen molar-refractivity contribution in [3.63, 3.8) is 0 Å². The van der Waals surface area contributed by atoms with Gasteiger partial charge in [-0.3, -0.25) is 4.57 Å². The van der Waals surface area contributed by atoms with E-state index in [9.17, 15) is 29.7 Å². The van der Waals surface area contributed by atoms with Gasteiger partial charge in [0, 0.05) is 13.2 Å². The van der Waals surface area contributed by atoms with Crippen molar-refractivity contribution in [2.24, 2.45) is 0 Å². The number of hydrogen-bond donors (Lipinski definition) is 6. The van der Waals surface area contributed by atoms with Crippen LogP contribution in [0.1, 0.15) is 44.7 Å². The lowest BCUT2D eigenvalue weighted by Crippen LogP contribution is -2.40. The van der Waals surface area contributed by atoms with Crippen molar-refractivity contribution in [2.45, 2.75) is 75.1 Å². The van der Waals surface area contributed by atoms with E-state index in [1.54, 1.807) is 0 Å². The summed E-state index contributed by atoms with van der Waals surface area (Å²) in [5.41, 5.74) is 0.293. The molecule has 1 saturated carbocycles. The smallest absolute Gasteiger partial charge is 0.359 e. The maximum atomic E-state index is 11.9. The summed E-state index contributed by atoms with van der Waals surface area (Å²) in [5.74, 6) is 0.673. The maximum Gasteiger partial charge on any atom is 0.359 e. The fraction of sp³-hybridized carbons (Fsp3) is 0.750. The molecule has 2 aromatic heterocycles. The predicted octanol–water partition coefficient (Wildman–Crippen LogP) is -0.151. The van der Waals surface area contributed by atoms with Crippen LogP contribution in [0.5, 0.6) is 0 Å². The number of aliphatic hydroxyl groups is 3. The lowest BCUT2D eigenvalue weighted by Gasteiger charge is -2.31. The molecule has 35 heavy (non-hydrogen) atoms. The number of aromatic nitrogens is 4. The Morgan fingerprint density at radius 1 is 1.26 bits per heavy atom. The molecule has 6 N–H and O–H groups in total. The van der Waals surface area contributed by atoms with Crippen LogP contribution >= 0.6 is 7.60 Å². The Morgan fingerprint density at radius 3 is 2.60 bits per heavy atom. The largest absolute Gasteiger partial charge is 0.388 e. The highest BCUT2D eigenvalue weighted by atomic mass is 31.2.